The lowest BCUT2D eigenvalue weighted by Crippen LogP contribution is -2.55. The highest BCUT2D eigenvalue weighted by atomic mass is 35.5. The second-order valence-electron chi connectivity index (χ2n) is 5.66. The third-order valence-corrected chi connectivity index (χ3v) is 5.60. The molecule has 0 bridgehead atoms. The van der Waals surface area contributed by atoms with Crippen LogP contribution in [0.1, 0.15) is 12.5 Å². The summed E-state index contributed by atoms with van der Waals surface area (Å²) in [4.78, 5) is 12.4. The molecule has 1 aliphatic rings. The van der Waals surface area contributed by atoms with E-state index >= 15 is 0 Å². The molecule has 0 saturated carbocycles. The number of nitrogens with zero attached hydrogens (tertiary/aromatic N) is 1. The van der Waals surface area contributed by atoms with E-state index in [-0.39, 0.29) is 35.4 Å². The first-order valence-corrected chi connectivity index (χ1v) is 8.90. The summed E-state index contributed by atoms with van der Waals surface area (Å²) < 4.78 is 30.6. The van der Waals surface area contributed by atoms with Crippen molar-refractivity contribution in [3.63, 3.8) is 0 Å². The third kappa shape index (κ3) is 4.90. The quantitative estimate of drug-likeness (QED) is 0.773. The number of amides is 1. The van der Waals surface area contributed by atoms with Gasteiger partial charge >= 0.3 is 0 Å². The van der Waals surface area contributed by atoms with Gasteiger partial charge in [-0.2, -0.15) is 0 Å². The lowest BCUT2D eigenvalue weighted by Gasteiger charge is -2.29. The zero-order chi connectivity index (χ0) is 17.0. The fourth-order valence-electron chi connectivity index (χ4n) is 2.32. The molecule has 1 aliphatic heterocycles. The molecule has 1 amide bonds. The van der Waals surface area contributed by atoms with E-state index in [0.29, 0.717) is 19.7 Å². The smallest absolute Gasteiger partial charge is 0.242 e. The van der Waals surface area contributed by atoms with E-state index < -0.39 is 10.0 Å². The van der Waals surface area contributed by atoms with Crippen molar-refractivity contribution in [3.8, 4) is 0 Å². The molecule has 1 saturated heterocycles. The van der Waals surface area contributed by atoms with Crippen molar-refractivity contribution in [1.29, 1.82) is 0 Å². The largest absolute Gasteiger partial charge is 0.375 e. The molecule has 136 valence electrons. The second kappa shape index (κ2) is 8.77. The van der Waals surface area contributed by atoms with E-state index in [1.165, 1.54) is 18.4 Å². The zero-order valence-electron chi connectivity index (χ0n) is 14.0. The van der Waals surface area contributed by atoms with Gasteiger partial charge in [-0.05, 0) is 24.6 Å². The van der Waals surface area contributed by atoms with Crippen LogP contribution in [0.2, 0.25) is 0 Å². The standard InChI is InChI=1S/C15H23N3O4S.ClH/c1-11-14(16-8-9-22-11)15(19)17-10-12-4-6-13(7-5-12)23(20,21)18(2)3;/h4-7,11,14,16H,8-10H2,1-3H3,(H,17,19);1H/t11-,14+;/m1./s1. The number of hydrogen-bond acceptors (Lipinski definition) is 5. The number of rotatable bonds is 5. The first kappa shape index (κ1) is 20.9. The van der Waals surface area contributed by atoms with Gasteiger partial charge in [-0.3, -0.25) is 4.79 Å². The lowest BCUT2D eigenvalue weighted by atomic mass is 10.1. The molecule has 9 heteroatoms. The Bertz CT molecular complexity index is 649. The molecule has 2 N–H and O–H groups in total. The third-order valence-electron chi connectivity index (χ3n) is 3.77. The van der Waals surface area contributed by atoms with E-state index in [1.807, 2.05) is 6.92 Å². The van der Waals surface area contributed by atoms with Crippen molar-refractivity contribution in [2.24, 2.45) is 0 Å². The van der Waals surface area contributed by atoms with Crippen LogP contribution < -0.4 is 10.6 Å². The van der Waals surface area contributed by atoms with Gasteiger partial charge in [0.05, 0.1) is 17.6 Å². The van der Waals surface area contributed by atoms with Gasteiger partial charge in [0.25, 0.3) is 0 Å². The summed E-state index contributed by atoms with van der Waals surface area (Å²) in [5.41, 5.74) is 0.834. The van der Waals surface area contributed by atoms with Crippen LogP contribution in [0.25, 0.3) is 0 Å². The van der Waals surface area contributed by atoms with E-state index in [4.69, 9.17) is 4.74 Å². The number of hydrogen-bond donors (Lipinski definition) is 2. The predicted octanol–water partition coefficient (Wildman–Crippen LogP) is 0.352. The summed E-state index contributed by atoms with van der Waals surface area (Å²) >= 11 is 0. The van der Waals surface area contributed by atoms with Crippen LogP contribution in [0.5, 0.6) is 0 Å². The Kier molecular flexibility index (Phi) is 7.62. The molecule has 0 unspecified atom stereocenters. The Morgan fingerprint density at radius 2 is 1.96 bits per heavy atom. The predicted molar refractivity (Wildman–Crippen MR) is 93.6 cm³/mol. The topological polar surface area (TPSA) is 87.7 Å². The summed E-state index contributed by atoms with van der Waals surface area (Å²) in [6, 6.07) is 6.12. The maximum absolute atomic E-state index is 12.1. The van der Waals surface area contributed by atoms with Gasteiger partial charge < -0.3 is 15.4 Å². The molecule has 1 heterocycles. The van der Waals surface area contributed by atoms with E-state index in [2.05, 4.69) is 10.6 Å². The number of morpholine rings is 1. The van der Waals surface area contributed by atoms with Gasteiger partial charge in [-0.15, -0.1) is 12.4 Å². The number of benzene rings is 1. The van der Waals surface area contributed by atoms with Crippen LogP contribution in [0.3, 0.4) is 0 Å². The van der Waals surface area contributed by atoms with Gasteiger partial charge in [-0.25, -0.2) is 12.7 Å². The fourth-order valence-corrected chi connectivity index (χ4v) is 3.22. The average Bonchev–Trinajstić information content (AvgIpc) is 2.53. The van der Waals surface area contributed by atoms with Gasteiger partial charge in [0, 0.05) is 27.2 Å². The number of carbonyl (C=O) groups is 1. The van der Waals surface area contributed by atoms with Gasteiger partial charge in [0.2, 0.25) is 15.9 Å². The second-order valence-corrected chi connectivity index (χ2v) is 7.81. The Morgan fingerprint density at radius 1 is 1.33 bits per heavy atom. The molecule has 0 radical (unpaired) electrons. The minimum absolute atomic E-state index is 0. The highest BCUT2D eigenvalue weighted by molar-refractivity contribution is 7.89. The highest BCUT2D eigenvalue weighted by Gasteiger charge is 2.27. The molecular weight excluding hydrogens is 354 g/mol. The van der Waals surface area contributed by atoms with Crippen molar-refractivity contribution < 1.29 is 17.9 Å². The monoisotopic (exact) mass is 377 g/mol. The molecule has 2 atom stereocenters. The molecule has 0 spiro atoms. The molecule has 2 rings (SSSR count). The minimum atomic E-state index is -3.43. The van der Waals surface area contributed by atoms with Crippen LogP contribution in [0.4, 0.5) is 0 Å². The van der Waals surface area contributed by atoms with Crippen LogP contribution >= 0.6 is 12.4 Å². The number of halogens is 1. The molecule has 0 aliphatic carbocycles. The summed E-state index contributed by atoms with van der Waals surface area (Å²) in [7, 11) is -0.450. The van der Waals surface area contributed by atoms with Gasteiger partial charge in [-0.1, -0.05) is 12.1 Å². The summed E-state index contributed by atoms with van der Waals surface area (Å²) in [6.45, 7) is 3.45. The number of sulfonamides is 1. The molecule has 1 fully saturated rings. The molecule has 7 nitrogen and oxygen atoms in total. The first-order valence-electron chi connectivity index (χ1n) is 7.46. The van der Waals surface area contributed by atoms with Gasteiger partial charge in [0.15, 0.2) is 0 Å². The van der Waals surface area contributed by atoms with Crippen molar-refractivity contribution in [3.05, 3.63) is 29.8 Å². The van der Waals surface area contributed by atoms with Gasteiger partial charge in [0.1, 0.15) is 6.04 Å². The summed E-state index contributed by atoms with van der Waals surface area (Å²) in [6.07, 6.45) is -0.170. The van der Waals surface area contributed by atoms with Crippen molar-refractivity contribution in [1.82, 2.24) is 14.9 Å². The van der Waals surface area contributed by atoms with Crippen LogP contribution in [-0.4, -0.2) is 58.0 Å². The molecule has 1 aromatic rings. The molecule has 0 aromatic heterocycles. The Labute approximate surface area is 149 Å². The molecule has 1 aromatic carbocycles. The maximum Gasteiger partial charge on any atom is 0.242 e. The average molecular weight is 378 g/mol. The maximum atomic E-state index is 12.1. The normalized spacial score (nSPS) is 21.2. The van der Waals surface area contributed by atoms with E-state index in [0.717, 1.165) is 5.56 Å². The fraction of sp³-hybridized carbons (Fsp3) is 0.533. The lowest BCUT2D eigenvalue weighted by molar-refractivity contribution is -0.129. The van der Waals surface area contributed by atoms with Crippen LogP contribution in [0, 0.1) is 0 Å². The van der Waals surface area contributed by atoms with Crippen molar-refractivity contribution in [2.75, 3.05) is 27.2 Å². The van der Waals surface area contributed by atoms with Crippen molar-refractivity contribution >= 4 is 28.3 Å². The summed E-state index contributed by atoms with van der Waals surface area (Å²) in [5.74, 6) is -0.123. The summed E-state index contributed by atoms with van der Waals surface area (Å²) in [5, 5.41) is 5.96. The van der Waals surface area contributed by atoms with E-state index in [9.17, 15) is 13.2 Å². The zero-order valence-corrected chi connectivity index (χ0v) is 15.6. The Balaban J connectivity index is 0.00000288. The number of carbonyl (C=O) groups excluding carboxylic acids is 1. The van der Waals surface area contributed by atoms with Crippen molar-refractivity contribution in [2.45, 2.75) is 30.5 Å². The highest BCUT2D eigenvalue weighted by Crippen LogP contribution is 2.14. The molecular formula is C15H24ClN3O4S. The van der Waals surface area contributed by atoms with Crippen LogP contribution in [0.15, 0.2) is 29.2 Å². The number of nitrogens with one attached hydrogen (secondary N) is 2. The molecule has 24 heavy (non-hydrogen) atoms. The minimum Gasteiger partial charge on any atom is -0.375 e. The van der Waals surface area contributed by atoms with Crippen LogP contribution in [-0.2, 0) is 26.1 Å². The Morgan fingerprint density at radius 3 is 2.50 bits per heavy atom. The first-order chi connectivity index (χ1) is 10.8. The van der Waals surface area contributed by atoms with E-state index in [1.54, 1.807) is 24.3 Å². The SMILES string of the molecule is C[C@H]1OCCN[C@@H]1C(=O)NCc1ccc(S(=O)(=O)N(C)C)cc1.Cl. The Hall–Kier alpha value is -1.19. The number of ether oxygens (including phenoxy) is 1.